The third kappa shape index (κ3) is 17.6. The van der Waals surface area contributed by atoms with E-state index >= 15 is 0 Å². The van der Waals surface area contributed by atoms with Gasteiger partial charge in [-0.1, -0.05) is 66.2 Å². The molecule has 0 radical (unpaired) electrons. The van der Waals surface area contributed by atoms with E-state index in [0.717, 1.165) is 32.1 Å². The summed E-state index contributed by atoms with van der Waals surface area (Å²) in [6.45, 7) is 6.96. The van der Waals surface area contributed by atoms with Gasteiger partial charge in [-0.05, 0) is 49.9 Å². The molecule has 6 atom stereocenters. The molecule has 10 N–H and O–H groups in total. The van der Waals surface area contributed by atoms with Crippen molar-refractivity contribution >= 4 is 59.4 Å². The summed E-state index contributed by atoms with van der Waals surface area (Å²) in [4.78, 5) is 130. The van der Waals surface area contributed by atoms with Gasteiger partial charge in [-0.3, -0.25) is 43.2 Å². The molecule has 2 saturated carbocycles. The van der Waals surface area contributed by atoms with Gasteiger partial charge in [0.05, 0.1) is 19.3 Å². The Morgan fingerprint density at radius 3 is 1.73 bits per heavy atom. The van der Waals surface area contributed by atoms with Crippen LogP contribution < -0.4 is 32.1 Å². The molecule has 0 aromatic carbocycles. The first-order valence-corrected chi connectivity index (χ1v) is 20.0. The van der Waals surface area contributed by atoms with Crippen LogP contribution >= 0.6 is 0 Å². The van der Waals surface area contributed by atoms with E-state index in [4.69, 9.17) is 5.11 Å². The summed E-state index contributed by atoms with van der Waals surface area (Å²) in [5, 5.41) is 49.9. The van der Waals surface area contributed by atoms with Gasteiger partial charge in [0.2, 0.25) is 29.5 Å². The van der Waals surface area contributed by atoms with E-state index in [1.165, 1.54) is 0 Å². The predicted octanol–water partition coefficient (Wildman–Crippen LogP) is 0.342. The molecule has 21 nitrogen and oxygen atoms in total. The van der Waals surface area contributed by atoms with Crippen molar-refractivity contribution in [2.45, 2.75) is 160 Å². The molecule has 0 aliphatic heterocycles. The lowest BCUT2D eigenvalue weighted by Gasteiger charge is -2.31. The molecule has 0 aromatic heterocycles. The van der Waals surface area contributed by atoms with Crippen molar-refractivity contribution in [3.05, 3.63) is 0 Å². The first-order chi connectivity index (χ1) is 27.7. The van der Waals surface area contributed by atoms with E-state index in [-0.39, 0.29) is 37.5 Å². The zero-order valence-corrected chi connectivity index (χ0v) is 34.0. The number of carbonyl (C=O) groups is 10. The van der Waals surface area contributed by atoms with Crippen LogP contribution in [0.5, 0.6) is 0 Å². The fraction of sp³-hybridized carbons (Fsp3) is 0.737. The molecule has 0 unspecified atom stereocenters. The van der Waals surface area contributed by atoms with E-state index in [9.17, 15) is 63.3 Å². The van der Waals surface area contributed by atoms with E-state index in [2.05, 4.69) is 31.4 Å². The Hall–Kier alpha value is -5.34. The van der Waals surface area contributed by atoms with Crippen molar-refractivity contribution < 1.29 is 73.2 Å². The standard InChI is InChI=1S/C38H60N6O15/c1-5-21(4)31(36(56)41-25(18-22-9-7-6-8-10-22)35(55)43-38(15-16-38)37(57)58)42-33(53)24(17-20(2)3)40-32(52)23(11-12-27(45)46)39-34(54)26(19-29(49)50)44-59-30(51)14-13-28(47)48/h20-26,31,44H,5-19H2,1-4H3,(H,39,54)(H,40,52)(H,41,56)(H,42,53)(H,43,55)(H,45,46)(H,47,48)(H,49,50)(H,57,58)/t21-,23-,24+,25+,26+,31+/m1/s1. The van der Waals surface area contributed by atoms with Gasteiger partial charge in [0.1, 0.15) is 35.7 Å². The highest BCUT2D eigenvalue weighted by Crippen LogP contribution is 2.36. The Bertz CT molecular complexity index is 1540. The minimum absolute atomic E-state index is 0.00544. The average Bonchev–Trinajstić information content (AvgIpc) is 3.95. The van der Waals surface area contributed by atoms with E-state index in [1.54, 1.807) is 27.7 Å². The lowest BCUT2D eigenvalue weighted by atomic mass is 9.84. The van der Waals surface area contributed by atoms with Gasteiger partial charge < -0.3 is 51.8 Å². The highest BCUT2D eigenvalue weighted by molar-refractivity contribution is 5.97. The smallest absolute Gasteiger partial charge is 0.329 e. The second-order valence-electron chi connectivity index (χ2n) is 15.9. The number of carbonyl (C=O) groups excluding carboxylic acids is 6. The van der Waals surface area contributed by atoms with Crippen LogP contribution in [0.2, 0.25) is 0 Å². The molecular formula is C38H60N6O15. The number of hydrogen-bond donors (Lipinski definition) is 10. The van der Waals surface area contributed by atoms with Crippen LogP contribution in [0.1, 0.15) is 124 Å². The Kier molecular flexibility index (Phi) is 20.2. The number of carboxylic acid groups (broad SMARTS) is 4. The number of nitrogens with one attached hydrogen (secondary N) is 6. The molecule has 2 fully saturated rings. The van der Waals surface area contributed by atoms with Gasteiger partial charge in [-0.25, -0.2) is 4.79 Å². The van der Waals surface area contributed by atoms with Gasteiger partial charge in [0.25, 0.3) is 0 Å². The Balaban J connectivity index is 2.30. The summed E-state index contributed by atoms with van der Waals surface area (Å²) in [6, 6.07) is -7.13. The van der Waals surface area contributed by atoms with E-state index < -0.39 is 133 Å². The molecule has 5 amide bonds. The molecule has 0 saturated heterocycles. The number of hydrogen-bond acceptors (Lipinski definition) is 12. The van der Waals surface area contributed by atoms with Crippen LogP contribution in [0.3, 0.4) is 0 Å². The SMILES string of the molecule is CC[C@@H](C)[C@H](NC(=O)[C@H](CC(C)C)NC(=O)[C@@H](CCC(=O)O)NC(=O)[C@H](CC(=O)O)NOC(=O)CCC(=O)O)C(=O)N[C@@H](CC1CCCCC1)C(=O)NC1(C(=O)O)CC1. The number of amides is 5. The lowest BCUT2D eigenvalue weighted by Crippen LogP contribution is -2.61. The molecule has 2 aliphatic carbocycles. The topological polar surface area (TPSA) is 333 Å². The van der Waals surface area contributed by atoms with Gasteiger partial charge >= 0.3 is 29.8 Å². The fourth-order valence-corrected chi connectivity index (χ4v) is 6.59. The summed E-state index contributed by atoms with van der Waals surface area (Å²) in [6.07, 6.45) is 2.39. The largest absolute Gasteiger partial charge is 0.481 e. The minimum Gasteiger partial charge on any atom is -0.481 e. The number of rotatable bonds is 27. The normalized spacial score (nSPS) is 17.7. The van der Waals surface area contributed by atoms with Crippen molar-refractivity contribution in [3.8, 4) is 0 Å². The first-order valence-electron chi connectivity index (χ1n) is 20.0. The van der Waals surface area contributed by atoms with Gasteiger partial charge in [-0.2, -0.15) is 0 Å². The van der Waals surface area contributed by atoms with Gasteiger partial charge in [-0.15, -0.1) is 5.48 Å². The molecule has 0 bridgehead atoms. The molecule has 59 heavy (non-hydrogen) atoms. The Labute approximate surface area is 341 Å². The molecular weight excluding hydrogens is 780 g/mol. The summed E-state index contributed by atoms with van der Waals surface area (Å²) in [7, 11) is 0. The van der Waals surface area contributed by atoms with Crippen LogP contribution in [0.15, 0.2) is 0 Å². The summed E-state index contributed by atoms with van der Waals surface area (Å²) < 4.78 is 0. The van der Waals surface area contributed by atoms with Crippen molar-refractivity contribution in [3.63, 3.8) is 0 Å². The molecule has 332 valence electrons. The van der Waals surface area contributed by atoms with Crippen LogP contribution in [-0.2, 0) is 52.8 Å². The highest BCUT2D eigenvalue weighted by Gasteiger charge is 2.52. The molecule has 2 aliphatic rings. The van der Waals surface area contributed by atoms with Crippen molar-refractivity contribution in [2.75, 3.05) is 0 Å². The molecule has 2 rings (SSSR count). The zero-order chi connectivity index (χ0) is 44.4. The van der Waals surface area contributed by atoms with Crippen LogP contribution in [-0.4, -0.2) is 116 Å². The van der Waals surface area contributed by atoms with E-state index in [0.29, 0.717) is 6.42 Å². The molecule has 21 heteroatoms. The van der Waals surface area contributed by atoms with Gasteiger partial charge in [0, 0.05) is 6.42 Å². The van der Waals surface area contributed by atoms with Crippen molar-refractivity contribution in [2.24, 2.45) is 17.8 Å². The highest BCUT2D eigenvalue weighted by atomic mass is 16.7. The number of hydroxylamine groups is 1. The second-order valence-corrected chi connectivity index (χ2v) is 15.9. The summed E-state index contributed by atoms with van der Waals surface area (Å²) in [5.41, 5.74) is 0.544. The molecule has 0 spiro atoms. The number of aliphatic carboxylic acids is 4. The quantitative estimate of drug-likeness (QED) is 0.0499. The third-order valence-corrected chi connectivity index (χ3v) is 10.4. The summed E-state index contributed by atoms with van der Waals surface area (Å²) in [5.74, 6) is -11.5. The van der Waals surface area contributed by atoms with Crippen LogP contribution in [0.25, 0.3) is 0 Å². The lowest BCUT2D eigenvalue weighted by molar-refractivity contribution is -0.159. The van der Waals surface area contributed by atoms with Crippen LogP contribution in [0.4, 0.5) is 0 Å². The first kappa shape index (κ1) is 49.8. The second kappa shape index (κ2) is 23.9. The van der Waals surface area contributed by atoms with E-state index in [1.807, 2.05) is 5.48 Å². The molecule has 0 heterocycles. The third-order valence-electron chi connectivity index (χ3n) is 10.4. The summed E-state index contributed by atoms with van der Waals surface area (Å²) >= 11 is 0. The molecule has 0 aromatic rings. The van der Waals surface area contributed by atoms with Crippen molar-refractivity contribution in [1.29, 1.82) is 0 Å². The fourth-order valence-electron chi connectivity index (χ4n) is 6.59. The monoisotopic (exact) mass is 840 g/mol. The maximum absolute atomic E-state index is 14.0. The number of carboxylic acids is 4. The van der Waals surface area contributed by atoms with Crippen LogP contribution in [0, 0.1) is 17.8 Å². The predicted molar refractivity (Wildman–Crippen MR) is 205 cm³/mol. The Morgan fingerprint density at radius 1 is 0.644 bits per heavy atom. The van der Waals surface area contributed by atoms with Crippen molar-refractivity contribution in [1.82, 2.24) is 32.1 Å². The Morgan fingerprint density at radius 2 is 1.20 bits per heavy atom. The minimum atomic E-state index is -1.81. The maximum Gasteiger partial charge on any atom is 0.329 e. The zero-order valence-electron chi connectivity index (χ0n) is 34.0. The average molecular weight is 841 g/mol. The van der Waals surface area contributed by atoms with Gasteiger partial charge in [0.15, 0.2) is 0 Å². The maximum atomic E-state index is 14.0.